The van der Waals surface area contributed by atoms with Crippen LogP contribution in [0.2, 0.25) is 0 Å². The van der Waals surface area contributed by atoms with E-state index < -0.39 is 11.8 Å². The Morgan fingerprint density at radius 2 is 2.10 bits per heavy atom. The summed E-state index contributed by atoms with van der Waals surface area (Å²) in [6.07, 6.45) is 0. The van der Waals surface area contributed by atoms with Crippen molar-refractivity contribution in [2.24, 2.45) is 0 Å². The molecule has 2 rings (SSSR count). The number of carboxylic acids is 1. The van der Waals surface area contributed by atoms with Crippen LogP contribution in [0.5, 0.6) is 5.75 Å². The number of aromatic carboxylic acids is 1. The number of ether oxygens (including phenoxy) is 1. The molecule has 0 spiro atoms. The number of halogens is 1. The lowest BCUT2D eigenvalue weighted by atomic mass is 10.1. The highest BCUT2D eigenvalue weighted by Crippen LogP contribution is 2.17. The Bertz CT molecular complexity index is 692. The first kappa shape index (κ1) is 13.6. The standard InChI is InChI=1S/C15H10FNO3/c16-14-6-10(8-17)4-5-12(14)9-20-13-3-1-2-11(7-13)15(18)19/h1-7H,9H2,(H,18,19). The van der Waals surface area contributed by atoms with E-state index in [9.17, 15) is 9.18 Å². The number of carboxylic acid groups (broad SMARTS) is 1. The fraction of sp³-hybridized carbons (Fsp3) is 0.0667. The van der Waals surface area contributed by atoms with E-state index in [2.05, 4.69) is 0 Å². The molecule has 0 unspecified atom stereocenters. The third-order valence-corrected chi connectivity index (χ3v) is 2.66. The number of rotatable bonds is 4. The van der Waals surface area contributed by atoms with E-state index in [1.54, 1.807) is 12.1 Å². The first-order valence-corrected chi connectivity index (χ1v) is 5.75. The average Bonchev–Trinajstić information content (AvgIpc) is 2.46. The van der Waals surface area contributed by atoms with Gasteiger partial charge in [0.2, 0.25) is 0 Å². The van der Waals surface area contributed by atoms with Gasteiger partial charge in [0.25, 0.3) is 0 Å². The monoisotopic (exact) mass is 271 g/mol. The molecule has 0 heterocycles. The molecule has 0 aliphatic carbocycles. The molecule has 5 heteroatoms. The summed E-state index contributed by atoms with van der Waals surface area (Å²) in [5.41, 5.74) is 0.631. The van der Waals surface area contributed by atoms with Crippen molar-refractivity contribution in [2.45, 2.75) is 6.61 Å². The van der Waals surface area contributed by atoms with E-state index in [0.29, 0.717) is 11.3 Å². The fourth-order valence-corrected chi connectivity index (χ4v) is 1.61. The SMILES string of the molecule is N#Cc1ccc(COc2cccc(C(=O)O)c2)c(F)c1. The molecule has 0 aromatic heterocycles. The predicted molar refractivity (Wildman–Crippen MR) is 68.8 cm³/mol. The molecule has 0 bridgehead atoms. The molecular formula is C15H10FNO3. The molecule has 20 heavy (non-hydrogen) atoms. The van der Waals surface area contributed by atoms with Crippen LogP contribution >= 0.6 is 0 Å². The van der Waals surface area contributed by atoms with Crippen LogP contribution in [0.4, 0.5) is 4.39 Å². The molecule has 0 amide bonds. The number of hydrogen-bond donors (Lipinski definition) is 1. The second kappa shape index (κ2) is 5.85. The summed E-state index contributed by atoms with van der Waals surface area (Å²) in [6.45, 7) is -0.0411. The van der Waals surface area contributed by atoms with Crippen molar-refractivity contribution >= 4 is 5.97 Å². The number of benzene rings is 2. The molecule has 1 N–H and O–H groups in total. The van der Waals surface area contributed by atoms with Crippen LogP contribution in [0.15, 0.2) is 42.5 Å². The minimum absolute atomic E-state index is 0.0411. The van der Waals surface area contributed by atoms with Crippen LogP contribution in [-0.4, -0.2) is 11.1 Å². The molecule has 100 valence electrons. The van der Waals surface area contributed by atoms with Gasteiger partial charge in [-0.25, -0.2) is 9.18 Å². The summed E-state index contributed by atoms with van der Waals surface area (Å²) in [5, 5.41) is 17.5. The maximum Gasteiger partial charge on any atom is 0.335 e. The lowest BCUT2D eigenvalue weighted by molar-refractivity contribution is 0.0696. The van der Waals surface area contributed by atoms with Crippen molar-refractivity contribution < 1.29 is 19.0 Å². The minimum Gasteiger partial charge on any atom is -0.489 e. The van der Waals surface area contributed by atoms with E-state index in [0.717, 1.165) is 6.07 Å². The van der Waals surface area contributed by atoms with Crippen LogP contribution < -0.4 is 4.74 Å². The molecule has 2 aromatic rings. The largest absolute Gasteiger partial charge is 0.489 e. The van der Waals surface area contributed by atoms with Crippen LogP contribution in [0, 0.1) is 17.1 Å². The third-order valence-electron chi connectivity index (χ3n) is 2.66. The van der Waals surface area contributed by atoms with Crippen LogP contribution in [-0.2, 0) is 6.61 Å². The van der Waals surface area contributed by atoms with Gasteiger partial charge in [-0.2, -0.15) is 5.26 Å². The molecule has 2 aromatic carbocycles. The molecule has 0 atom stereocenters. The van der Waals surface area contributed by atoms with E-state index in [1.807, 2.05) is 6.07 Å². The minimum atomic E-state index is -1.06. The Kier molecular flexibility index (Phi) is 3.96. The highest BCUT2D eigenvalue weighted by Gasteiger charge is 2.07. The molecule has 0 fully saturated rings. The summed E-state index contributed by atoms with van der Waals surface area (Å²) in [5.74, 6) is -1.24. The van der Waals surface area contributed by atoms with Gasteiger partial charge < -0.3 is 9.84 Å². The number of carbonyl (C=O) groups is 1. The number of nitriles is 1. The van der Waals surface area contributed by atoms with Gasteiger partial charge in [0, 0.05) is 5.56 Å². The summed E-state index contributed by atoms with van der Waals surface area (Å²) in [6, 6.07) is 11.9. The van der Waals surface area contributed by atoms with Crippen molar-refractivity contribution in [3.8, 4) is 11.8 Å². The van der Waals surface area contributed by atoms with E-state index in [1.165, 1.54) is 24.3 Å². The van der Waals surface area contributed by atoms with E-state index in [-0.39, 0.29) is 17.7 Å². The molecule has 0 saturated heterocycles. The second-order valence-electron chi connectivity index (χ2n) is 4.04. The van der Waals surface area contributed by atoms with Crippen LogP contribution in [0.25, 0.3) is 0 Å². The Hall–Kier alpha value is -2.87. The maximum atomic E-state index is 13.6. The summed E-state index contributed by atoms with van der Waals surface area (Å²) in [4.78, 5) is 10.8. The topological polar surface area (TPSA) is 70.3 Å². The normalized spacial score (nSPS) is 9.80. The van der Waals surface area contributed by atoms with Gasteiger partial charge in [-0.05, 0) is 30.3 Å². The number of hydrogen-bond acceptors (Lipinski definition) is 3. The smallest absolute Gasteiger partial charge is 0.335 e. The lowest BCUT2D eigenvalue weighted by Gasteiger charge is -2.08. The first-order chi connectivity index (χ1) is 9.60. The zero-order chi connectivity index (χ0) is 14.5. The third kappa shape index (κ3) is 3.12. The number of nitrogens with zero attached hydrogens (tertiary/aromatic N) is 1. The highest BCUT2D eigenvalue weighted by atomic mass is 19.1. The Morgan fingerprint density at radius 1 is 1.30 bits per heavy atom. The first-order valence-electron chi connectivity index (χ1n) is 5.75. The van der Waals surface area contributed by atoms with E-state index >= 15 is 0 Å². The molecular weight excluding hydrogens is 261 g/mol. The van der Waals surface area contributed by atoms with Gasteiger partial charge in [0.15, 0.2) is 0 Å². The summed E-state index contributed by atoms with van der Waals surface area (Å²) in [7, 11) is 0. The molecule has 0 saturated carbocycles. The van der Waals surface area contributed by atoms with Gasteiger partial charge in [0.05, 0.1) is 17.2 Å². The van der Waals surface area contributed by atoms with Crippen LogP contribution in [0.3, 0.4) is 0 Å². The van der Waals surface area contributed by atoms with Gasteiger partial charge in [-0.15, -0.1) is 0 Å². The van der Waals surface area contributed by atoms with Crippen molar-refractivity contribution in [1.29, 1.82) is 5.26 Å². The fourth-order valence-electron chi connectivity index (χ4n) is 1.61. The zero-order valence-electron chi connectivity index (χ0n) is 10.3. The summed E-state index contributed by atoms with van der Waals surface area (Å²) >= 11 is 0. The second-order valence-corrected chi connectivity index (χ2v) is 4.04. The Balaban J connectivity index is 2.11. The van der Waals surface area contributed by atoms with Gasteiger partial charge in [0.1, 0.15) is 18.2 Å². The maximum absolute atomic E-state index is 13.6. The van der Waals surface area contributed by atoms with Crippen LogP contribution in [0.1, 0.15) is 21.5 Å². The Morgan fingerprint density at radius 3 is 2.75 bits per heavy atom. The highest BCUT2D eigenvalue weighted by molar-refractivity contribution is 5.87. The van der Waals surface area contributed by atoms with Crippen molar-refractivity contribution in [3.63, 3.8) is 0 Å². The van der Waals surface area contributed by atoms with E-state index in [4.69, 9.17) is 15.1 Å². The van der Waals surface area contributed by atoms with Crippen molar-refractivity contribution in [1.82, 2.24) is 0 Å². The average molecular weight is 271 g/mol. The lowest BCUT2D eigenvalue weighted by Crippen LogP contribution is -2.01. The predicted octanol–water partition coefficient (Wildman–Crippen LogP) is 2.97. The van der Waals surface area contributed by atoms with Gasteiger partial charge in [-0.3, -0.25) is 0 Å². The quantitative estimate of drug-likeness (QED) is 0.928. The molecule has 0 aliphatic rings. The zero-order valence-corrected chi connectivity index (χ0v) is 10.3. The van der Waals surface area contributed by atoms with Gasteiger partial charge >= 0.3 is 5.97 Å². The van der Waals surface area contributed by atoms with Gasteiger partial charge in [-0.1, -0.05) is 12.1 Å². The summed E-state index contributed by atoms with van der Waals surface area (Å²) < 4.78 is 19.0. The van der Waals surface area contributed by atoms with Crippen molar-refractivity contribution in [2.75, 3.05) is 0 Å². The molecule has 0 aliphatic heterocycles. The Labute approximate surface area is 114 Å². The molecule has 4 nitrogen and oxygen atoms in total. The van der Waals surface area contributed by atoms with Crippen molar-refractivity contribution in [3.05, 3.63) is 65.0 Å². The molecule has 0 radical (unpaired) electrons.